The number of benzene rings is 1. The van der Waals surface area contributed by atoms with Crippen molar-refractivity contribution < 1.29 is 42.1 Å². The van der Waals surface area contributed by atoms with Crippen LogP contribution in [0.3, 0.4) is 0 Å². The Kier molecular flexibility index (Phi) is 7.42. The van der Waals surface area contributed by atoms with Gasteiger partial charge in [-0.1, -0.05) is 29.3 Å². The highest BCUT2D eigenvalue weighted by Gasteiger charge is 2.58. The number of halogens is 5. The number of unbranched alkanes of at least 4 members (excludes halogenated alkanes) is 1. The van der Waals surface area contributed by atoms with Crippen molar-refractivity contribution in [2.45, 2.75) is 24.6 Å². The lowest BCUT2D eigenvalue weighted by molar-refractivity contribution is -0.757. The van der Waals surface area contributed by atoms with E-state index in [4.69, 9.17) is 27.9 Å². The van der Waals surface area contributed by atoms with Gasteiger partial charge >= 0.3 is 12.3 Å². The summed E-state index contributed by atoms with van der Waals surface area (Å²) >= 11 is 11.7. The fourth-order valence-corrected chi connectivity index (χ4v) is 2.82. The first-order valence-electron chi connectivity index (χ1n) is 8.05. The highest BCUT2D eigenvalue weighted by Crippen LogP contribution is 2.45. The number of alkyl halides is 3. The highest BCUT2D eigenvalue weighted by atomic mass is 35.5. The fourth-order valence-electron chi connectivity index (χ4n) is 2.27. The van der Waals surface area contributed by atoms with Crippen molar-refractivity contribution >= 4 is 35.4 Å². The molecule has 8 nitrogen and oxygen atoms in total. The van der Waals surface area contributed by atoms with Crippen LogP contribution in [-0.2, 0) is 14.3 Å². The van der Waals surface area contributed by atoms with Crippen molar-refractivity contribution in [1.29, 1.82) is 0 Å². The van der Waals surface area contributed by atoms with Crippen LogP contribution in [0.5, 0.6) is 5.75 Å². The highest BCUT2D eigenvalue weighted by molar-refractivity contribution is 6.36. The van der Waals surface area contributed by atoms with Crippen molar-refractivity contribution in [2.24, 2.45) is 0 Å². The number of hydrogen-bond acceptors (Lipinski definition) is 7. The van der Waals surface area contributed by atoms with Gasteiger partial charge in [0.25, 0.3) is 10.7 Å². The molecule has 1 aromatic carbocycles. The van der Waals surface area contributed by atoms with E-state index in [2.05, 4.69) is 14.3 Å². The summed E-state index contributed by atoms with van der Waals surface area (Å²) < 4.78 is 55.3. The first-order chi connectivity index (χ1) is 13.5. The number of rotatable bonds is 8. The maximum atomic E-state index is 13.7. The molecule has 0 spiro atoms. The molecule has 29 heavy (non-hydrogen) atoms. The summed E-state index contributed by atoms with van der Waals surface area (Å²) in [7, 11) is 0. The summed E-state index contributed by atoms with van der Waals surface area (Å²) in [5.41, 5.74) is -2.72. The molecule has 2 rings (SSSR count). The summed E-state index contributed by atoms with van der Waals surface area (Å²) in [6, 6.07) is 2.59. The van der Waals surface area contributed by atoms with Crippen LogP contribution in [0.25, 0.3) is 6.08 Å². The molecule has 0 aromatic heterocycles. The summed E-state index contributed by atoms with van der Waals surface area (Å²) in [5, 5.41) is 9.06. The normalized spacial score (nSPS) is 17.8. The number of fused-ring (bicyclic) bond motifs is 1. The van der Waals surface area contributed by atoms with E-state index in [0.717, 1.165) is 6.08 Å². The zero-order chi connectivity index (χ0) is 21.7. The molecule has 0 aliphatic carbocycles. The minimum atomic E-state index is -4.94. The van der Waals surface area contributed by atoms with E-state index in [1.54, 1.807) is 0 Å². The van der Waals surface area contributed by atoms with Crippen LogP contribution < -0.4 is 4.74 Å². The number of ether oxygens (including phenoxy) is 3. The lowest BCUT2D eigenvalue weighted by atomic mass is 9.98. The van der Waals surface area contributed by atoms with E-state index >= 15 is 0 Å². The lowest BCUT2D eigenvalue weighted by Gasteiger charge is -2.35. The number of carbonyl (C=O) groups is 1. The van der Waals surface area contributed by atoms with Gasteiger partial charge < -0.3 is 19.0 Å². The van der Waals surface area contributed by atoms with Gasteiger partial charge in [-0.25, -0.2) is 4.79 Å². The third-order valence-electron chi connectivity index (χ3n) is 3.69. The largest absolute Gasteiger partial charge is 0.508 e. The average molecular weight is 460 g/mol. The monoisotopic (exact) mass is 459 g/mol. The summed E-state index contributed by atoms with van der Waals surface area (Å²) in [6.07, 6.45) is -4.09. The number of carbonyl (C=O) groups excluding carboxylic acids is 1. The Morgan fingerprint density at radius 3 is 2.55 bits per heavy atom. The molecule has 160 valence electrons. The lowest BCUT2D eigenvalue weighted by Crippen LogP contribution is -2.53. The molecular formula is C16H14Cl2F3NO7. The maximum Gasteiger partial charge on any atom is 0.508 e. The topological polar surface area (TPSA) is 97.1 Å². The van der Waals surface area contributed by atoms with Crippen molar-refractivity contribution in [3.63, 3.8) is 0 Å². The van der Waals surface area contributed by atoms with Gasteiger partial charge in [0.05, 0.1) is 18.2 Å². The van der Waals surface area contributed by atoms with Crippen LogP contribution in [0.4, 0.5) is 18.0 Å². The van der Waals surface area contributed by atoms with Gasteiger partial charge in [-0.3, -0.25) is 0 Å². The van der Waals surface area contributed by atoms with E-state index in [1.165, 1.54) is 12.1 Å². The molecule has 0 saturated heterocycles. The van der Waals surface area contributed by atoms with Crippen LogP contribution in [0.2, 0.25) is 10.0 Å². The van der Waals surface area contributed by atoms with E-state index in [1.807, 2.05) is 0 Å². The molecule has 1 aliphatic heterocycles. The molecular weight excluding hydrogens is 446 g/mol. The standard InChI is InChI=1S/C16H14Cl2F3NO7/c17-11-7-10-3-4-15(16(19,20)21,29-13(10)12(18)8-11)9-27-14(23)26-5-1-2-6-28-22(24)25/h3-4,7-8H,1-2,5-6,9H2. The van der Waals surface area contributed by atoms with E-state index in [9.17, 15) is 28.1 Å². The van der Waals surface area contributed by atoms with Crippen LogP contribution >= 0.6 is 23.2 Å². The van der Waals surface area contributed by atoms with Crippen LogP contribution in [-0.4, -0.2) is 42.8 Å². The Labute approximate surface area is 172 Å². The van der Waals surface area contributed by atoms with Crippen LogP contribution in [0.1, 0.15) is 18.4 Å². The first-order valence-corrected chi connectivity index (χ1v) is 8.80. The molecule has 1 unspecified atom stereocenters. The zero-order valence-electron chi connectivity index (χ0n) is 14.5. The Hall–Kier alpha value is -2.40. The van der Waals surface area contributed by atoms with Gasteiger partial charge in [-0.05, 0) is 31.1 Å². The van der Waals surface area contributed by atoms with Gasteiger partial charge in [0.2, 0.25) is 0 Å². The fraction of sp³-hybridized carbons (Fsp3) is 0.438. The molecule has 0 fully saturated rings. The predicted octanol–water partition coefficient (Wildman–Crippen LogP) is 4.84. The van der Waals surface area contributed by atoms with E-state index < -0.39 is 29.6 Å². The SMILES string of the molecule is O=C(OCCCCO[N+](=O)[O-])OCC1(C(F)(F)F)C=Cc2cc(Cl)cc(Cl)c2O1. The third-order valence-corrected chi connectivity index (χ3v) is 4.19. The van der Waals surface area contributed by atoms with E-state index in [0.29, 0.717) is 6.08 Å². The second kappa shape index (κ2) is 9.40. The average Bonchev–Trinajstić information content (AvgIpc) is 2.62. The van der Waals surface area contributed by atoms with Crippen LogP contribution in [0.15, 0.2) is 18.2 Å². The van der Waals surface area contributed by atoms with Gasteiger partial charge in [-0.15, -0.1) is 10.1 Å². The second-order valence-corrected chi connectivity index (χ2v) is 6.62. The smallest absolute Gasteiger partial charge is 0.468 e. The molecule has 1 atom stereocenters. The Bertz CT molecular complexity index is 803. The second-order valence-electron chi connectivity index (χ2n) is 5.78. The van der Waals surface area contributed by atoms with E-state index in [-0.39, 0.29) is 47.4 Å². The van der Waals surface area contributed by atoms with Crippen molar-refractivity contribution in [3.05, 3.63) is 43.9 Å². The predicted molar refractivity (Wildman–Crippen MR) is 94.4 cm³/mol. The molecule has 0 bridgehead atoms. The number of hydrogen-bond donors (Lipinski definition) is 0. The number of nitrogens with zero attached hydrogens (tertiary/aromatic N) is 1. The molecule has 1 heterocycles. The molecule has 1 aliphatic rings. The van der Waals surface area contributed by atoms with Gasteiger partial charge in [0, 0.05) is 10.6 Å². The summed E-state index contributed by atoms with van der Waals surface area (Å²) in [6.45, 7) is -1.64. The minimum Gasteiger partial charge on any atom is -0.468 e. The maximum absolute atomic E-state index is 13.7. The molecule has 0 amide bonds. The minimum absolute atomic E-state index is 0.134. The Balaban J connectivity index is 1.95. The van der Waals surface area contributed by atoms with Crippen molar-refractivity contribution in [2.75, 3.05) is 19.8 Å². The third kappa shape index (κ3) is 6.04. The first kappa shape index (κ1) is 22.9. The zero-order valence-corrected chi connectivity index (χ0v) is 16.1. The molecule has 0 saturated carbocycles. The van der Waals surface area contributed by atoms with Gasteiger partial charge in [0.15, 0.2) is 0 Å². The molecule has 0 radical (unpaired) electrons. The van der Waals surface area contributed by atoms with Crippen molar-refractivity contribution in [3.8, 4) is 5.75 Å². The van der Waals surface area contributed by atoms with Gasteiger partial charge in [-0.2, -0.15) is 13.2 Å². The quantitative estimate of drug-likeness (QED) is 0.237. The van der Waals surface area contributed by atoms with Crippen molar-refractivity contribution in [1.82, 2.24) is 0 Å². The summed E-state index contributed by atoms with van der Waals surface area (Å²) in [5.74, 6) is -0.251. The molecule has 13 heteroatoms. The van der Waals surface area contributed by atoms with Crippen LogP contribution in [0, 0.1) is 10.1 Å². The molecule has 0 N–H and O–H groups in total. The Morgan fingerprint density at radius 1 is 1.21 bits per heavy atom. The Morgan fingerprint density at radius 2 is 1.90 bits per heavy atom. The molecule has 1 aromatic rings. The summed E-state index contributed by atoms with van der Waals surface area (Å²) in [4.78, 5) is 25.6. The van der Waals surface area contributed by atoms with Gasteiger partial charge in [0.1, 0.15) is 12.4 Å².